The van der Waals surface area contributed by atoms with Gasteiger partial charge < -0.3 is 11.1 Å². The summed E-state index contributed by atoms with van der Waals surface area (Å²) < 4.78 is 0. The number of nitrogens with one attached hydrogen (secondary N) is 1. The van der Waals surface area contributed by atoms with Gasteiger partial charge in [0.05, 0.1) is 5.41 Å². The highest BCUT2D eigenvalue weighted by molar-refractivity contribution is 7.99. The van der Waals surface area contributed by atoms with Gasteiger partial charge in [-0.1, -0.05) is 13.8 Å². The van der Waals surface area contributed by atoms with E-state index in [1.165, 1.54) is 12.2 Å². The van der Waals surface area contributed by atoms with Gasteiger partial charge in [-0.25, -0.2) is 0 Å². The summed E-state index contributed by atoms with van der Waals surface area (Å²) in [5, 5.41) is 3.51. The predicted molar refractivity (Wildman–Crippen MR) is 70.5 cm³/mol. The highest BCUT2D eigenvalue weighted by Gasteiger charge is 2.34. The molecule has 1 aliphatic rings. The van der Waals surface area contributed by atoms with Crippen LogP contribution in [-0.4, -0.2) is 30.0 Å². The average Bonchev–Trinajstić information content (AvgIpc) is 2.15. The predicted octanol–water partition coefficient (Wildman–Crippen LogP) is 1.62. The van der Waals surface area contributed by atoms with E-state index in [1.807, 2.05) is 25.6 Å². The first-order valence-corrected chi connectivity index (χ1v) is 7.02. The third-order valence-electron chi connectivity index (χ3n) is 3.58. The Labute approximate surface area is 103 Å². The van der Waals surface area contributed by atoms with E-state index in [1.54, 1.807) is 0 Å². The summed E-state index contributed by atoms with van der Waals surface area (Å²) >= 11 is 1.99. The maximum absolute atomic E-state index is 11.2. The van der Waals surface area contributed by atoms with Crippen molar-refractivity contribution in [2.45, 2.75) is 40.2 Å². The molecule has 0 radical (unpaired) electrons. The summed E-state index contributed by atoms with van der Waals surface area (Å²) in [6.07, 6.45) is 1.23. The number of nitrogens with two attached hydrogens (primary N) is 1. The zero-order chi connectivity index (χ0) is 12.4. The van der Waals surface area contributed by atoms with Crippen molar-refractivity contribution in [3.8, 4) is 0 Å². The summed E-state index contributed by atoms with van der Waals surface area (Å²) in [7, 11) is 0. The van der Waals surface area contributed by atoms with Crippen molar-refractivity contribution < 1.29 is 4.79 Å². The quantitative estimate of drug-likeness (QED) is 0.790. The molecular formula is C12H24N2OS. The Morgan fingerprint density at radius 1 is 1.56 bits per heavy atom. The SMILES string of the molecule is CC(C)(CNC1CSCCC1(C)C)C(N)=O. The molecule has 1 amide bonds. The van der Waals surface area contributed by atoms with Gasteiger partial charge in [0.25, 0.3) is 0 Å². The van der Waals surface area contributed by atoms with Crippen molar-refractivity contribution in [2.24, 2.45) is 16.6 Å². The minimum Gasteiger partial charge on any atom is -0.369 e. The van der Waals surface area contributed by atoms with Crippen LogP contribution in [-0.2, 0) is 4.79 Å². The van der Waals surface area contributed by atoms with E-state index in [0.717, 1.165) is 5.75 Å². The van der Waals surface area contributed by atoms with Crippen LogP contribution in [0, 0.1) is 10.8 Å². The third kappa shape index (κ3) is 3.39. The molecule has 1 heterocycles. The average molecular weight is 244 g/mol. The van der Waals surface area contributed by atoms with Crippen LogP contribution < -0.4 is 11.1 Å². The van der Waals surface area contributed by atoms with Gasteiger partial charge in [-0.3, -0.25) is 4.79 Å². The number of amides is 1. The molecule has 3 N–H and O–H groups in total. The second-order valence-electron chi connectivity index (χ2n) is 6.00. The Hall–Kier alpha value is -0.220. The van der Waals surface area contributed by atoms with Gasteiger partial charge in [-0.2, -0.15) is 11.8 Å². The van der Waals surface area contributed by atoms with E-state index in [9.17, 15) is 4.79 Å². The van der Waals surface area contributed by atoms with E-state index in [4.69, 9.17) is 5.73 Å². The molecule has 1 rings (SSSR count). The normalized spacial score (nSPS) is 25.4. The molecule has 3 nitrogen and oxygen atoms in total. The van der Waals surface area contributed by atoms with Crippen LogP contribution in [0.15, 0.2) is 0 Å². The van der Waals surface area contributed by atoms with Crippen molar-refractivity contribution in [3.05, 3.63) is 0 Å². The highest BCUT2D eigenvalue weighted by atomic mass is 32.2. The van der Waals surface area contributed by atoms with Crippen molar-refractivity contribution in [3.63, 3.8) is 0 Å². The lowest BCUT2D eigenvalue weighted by Crippen LogP contribution is -2.51. The lowest BCUT2D eigenvalue weighted by Gasteiger charge is -2.40. The molecule has 0 spiro atoms. The van der Waals surface area contributed by atoms with E-state index in [2.05, 4.69) is 19.2 Å². The summed E-state index contributed by atoms with van der Waals surface area (Å²) in [5.41, 5.74) is 5.23. The molecule has 0 saturated carbocycles. The molecule has 1 fully saturated rings. The fourth-order valence-electron chi connectivity index (χ4n) is 1.74. The van der Waals surface area contributed by atoms with Crippen molar-refractivity contribution in [2.75, 3.05) is 18.1 Å². The summed E-state index contributed by atoms with van der Waals surface area (Å²) in [4.78, 5) is 11.2. The number of carbonyl (C=O) groups is 1. The topological polar surface area (TPSA) is 55.1 Å². The Morgan fingerprint density at radius 3 is 2.69 bits per heavy atom. The number of thioether (sulfide) groups is 1. The van der Waals surface area contributed by atoms with Crippen molar-refractivity contribution in [1.29, 1.82) is 0 Å². The summed E-state index contributed by atoms with van der Waals surface area (Å²) in [6.45, 7) is 9.04. The maximum atomic E-state index is 11.2. The van der Waals surface area contributed by atoms with Gasteiger partial charge >= 0.3 is 0 Å². The first-order valence-electron chi connectivity index (χ1n) is 5.87. The van der Waals surface area contributed by atoms with Crippen molar-refractivity contribution >= 4 is 17.7 Å². The van der Waals surface area contributed by atoms with Gasteiger partial charge in [0.15, 0.2) is 0 Å². The second-order valence-corrected chi connectivity index (χ2v) is 7.14. The van der Waals surface area contributed by atoms with Gasteiger partial charge in [0, 0.05) is 18.3 Å². The van der Waals surface area contributed by atoms with E-state index < -0.39 is 5.41 Å². The van der Waals surface area contributed by atoms with Gasteiger partial charge in [0.1, 0.15) is 0 Å². The van der Waals surface area contributed by atoms with Crippen LogP contribution in [0.4, 0.5) is 0 Å². The summed E-state index contributed by atoms with van der Waals surface area (Å²) in [6, 6.07) is 0.477. The molecule has 1 aliphatic heterocycles. The number of carbonyl (C=O) groups excluding carboxylic acids is 1. The Bertz CT molecular complexity index is 264. The molecule has 0 aromatic carbocycles. The minimum atomic E-state index is -0.460. The first kappa shape index (κ1) is 13.8. The molecule has 1 saturated heterocycles. The fourth-order valence-corrected chi connectivity index (χ4v) is 3.38. The lowest BCUT2D eigenvalue weighted by atomic mass is 9.81. The van der Waals surface area contributed by atoms with E-state index in [0.29, 0.717) is 18.0 Å². The minimum absolute atomic E-state index is 0.235. The van der Waals surface area contributed by atoms with E-state index >= 15 is 0 Å². The van der Waals surface area contributed by atoms with E-state index in [-0.39, 0.29) is 5.91 Å². The zero-order valence-corrected chi connectivity index (χ0v) is 11.6. The molecule has 94 valence electrons. The van der Waals surface area contributed by atoms with Crippen LogP contribution in [0.1, 0.15) is 34.1 Å². The van der Waals surface area contributed by atoms with Crippen LogP contribution in [0.5, 0.6) is 0 Å². The molecule has 1 atom stereocenters. The van der Waals surface area contributed by atoms with Gasteiger partial charge in [-0.05, 0) is 31.4 Å². The molecule has 16 heavy (non-hydrogen) atoms. The molecule has 0 aliphatic carbocycles. The molecule has 4 heteroatoms. The van der Waals surface area contributed by atoms with Gasteiger partial charge in [0.2, 0.25) is 5.91 Å². The largest absolute Gasteiger partial charge is 0.369 e. The smallest absolute Gasteiger partial charge is 0.224 e. The number of hydrogen-bond acceptors (Lipinski definition) is 3. The molecule has 1 unspecified atom stereocenters. The first-order chi connectivity index (χ1) is 7.26. The molecule has 0 aromatic rings. The zero-order valence-electron chi connectivity index (χ0n) is 10.8. The third-order valence-corrected chi connectivity index (χ3v) is 4.64. The Morgan fingerprint density at radius 2 is 2.19 bits per heavy atom. The molecule has 0 bridgehead atoms. The maximum Gasteiger partial charge on any atom is 0.224 e. The monoisotopic (exact) mass is 244 g/mol. The second kappa shape index (κ2) is 4.96. The van der Waals surface area contributed by atoms with Crippen LogP contribution in [0.2, 0.25) is 0 Å². The highest BCUT2D eigenvalue weighted by Crippen LogP contribution is 2.34. The molecule has 0 aromatic heterocycles. The number of rotatable bonds is 4. The Balaban J connectivity index is 2.51. The van der Waals surface area contributed by atoms with Crippen molar-refractivity contribution in [1.82, 2.24) is 5.32 Å². The van der Waals surface area contributed by atoms with Crippen LogP contribution in [0.3, 0.4) is 0 Å². The summed E-state index contributed by atoms with van der Waals surface area (Å²) in [5.74, 6) is 2.13. The lowest BCUT2D eigenvalue weighted by molar-refractivity contribution is -0.125. The molecular weight excluding hydrogens is 220 g/mol. The fraction of sp³-hybridized carbons (Fsp3) is 0.917. The number of hydrogen-bond donors (Lipinski definition) is 2. The van der Waals surface area contributed by atoms with Crippen LogP contribution in [0.25, 0.3) is 0 Å². The van der Waals surface area contributed by atoms with Crippen LogP contribution >= 0.6 is 11.8 Å². The standard InChI is InChI=1S/C12H24N2OS/c1-11(2)5-6-16-7-9(11)14-8-12(3,4)10(13)15/h9,14H,5-8H2,1-4H3,(H2,13,15). The number of primary amides is 1. The van der Waals surface area contributed by atoms with Gasteiger partial charge in [-0.15, -0.1) is 0 Å². The Kier molecular flexibility index (Phi) is 4.29.